The minimum Gasteiger partial charge on any atom is -0.497 e. The highest BCUT2D eigenvalue weighted by Gasteiger charge is 2.50. The average molecular weight is 639 g/mol. The van der Waals surface area contributed by atoms with E-state index in [9.17, 15) is 9.59 Å². The van der Waals surface area contributed by atoms with E-state index in [1.54, 1.807) is 7.11 Å². The zero-order chi connectivity index (χ0) is 33.6. The molecule has 0 fully saturated rings. The summed E-state index contributed by atoms with van der Waals surface area (Å²) in [6.45, 7) is 30.6. The molecule has 7 nitrogen and oxygen atoms in total. The lowest BCUT2D eigenvalue weighted by atomic mass is 9.73. The molecule has 1 aromatic carbocycles. The molecule has 1 aromatic rings. The highest BCUT2D eigenvalue weighted by Crippen LogP contribution is 2.43. The van der Waals surface area contributed by atoms with Gasteiger partial charge in [-0.2, -0.15) is 0 Å². The highest BCUT2D eigenvalue weighted by molar-refractivity contribution is 6.74. The zero-order valence-electron chi connectivity index (χ0n) is 30.1. The summed E-state index contributed by atoms with van der Waals surface area (Å²) in [5, 5.41) is -0.123. The van der Waals surface area contributed by atoms with Crippen LogP contribution in [0, 0.1) is 17.3 Å². The fourth-order valence-electron chi connectivity index (χ4n) is 4.51. The Hall–Kier alpha value is -1.53. The van der Waals surface area contributed by atoms with Crippen LogP contribution >= 0.6 is 0 Å². The molecule has 0 radical (unpaired) electrons. The number of ketones is 1. The van der Waals surface area contributed by atoms with Crippen LogP contribution in [0.5, 0.6) is 5.75 Å². The van der Waals surface area contributed by atoms with Crippen molar-refractivity contribution < 1.29 is 32.7 Å². The molecule has 0 bridgehead atoms. The van der Waals surface area contributed by atoms with Crippen LogP contribution in [0.4, 0.5) is 0 Å². The first-order valence-corrected chi connectivity index (χ1v) is 21.4. The molecule has 0 aromatic heterocycles. The maximum absolute atomic E-state index is 14.5. The van der Waals surface area contributed by atoms with Crippen molar-refractivity contribution in [3.63, 3.8) is 0 Å². The third kappa shape index (κ3) is 10.8. The first-order chi connectivity index (χ1) is 19.4. The summed E-state index contributed by atoms with van der Waals surface area (Å²) in [5.74, 6) is -0.0651. The Morgan fingerprint density at radius 3 is 1.72 bits per heavy atom. The van der Waals surface area contributed by atoms with Gasteiger partial charge in [0.25, 0.3) is 0 Å². The lowest BCUT2D eigenvalue weighted by Crippen LogP contribution is -2.54. The molecule has 43 heavy (non-hydrogen) atoms. The van der Waals surface area contributed by atoms with Crippen LogP contribution in [0.2, 0.25) is 36.3 Å². The van der Waals surface area contributed by atoms with Crippen molar-refractivity contribution in [2.75, 3.05) is 20.8 Å². The lowest BCUT2D eigenvalue weighted by Gasteiger charge is -2.46. The summed E-state index contributed by atoms with van der Waals surface area (Å²) >= 11 is 0. The summed E-state index contributed by atoms with van der Waals surface area (Å²) in [4.78, 5) is 27.1. The summed E-state index contributed by atoms with van der Waals surface area (Å²) in [5.41, 5.74) is 0.0931. The third-order valence-electron chi connectivity index (χ3n) is 9.78. The summed E-state index contributed by atoms with van der Waals surface area (Å²) in [7, 11) is -1.55. The summed E-state index contributed by atoms with van der Waals surface area (Å²) in [6.07, 6.45) is -0.968. The van der Waals surface area contributed by atoms with Crippen LogP contribution in [0.1, 0.15) is 81.2 Å². The molecule has 0 N–H and O–H groups in total. The molecule has 1 rings (SSSR count). The second-order valence-corrected chi connectivity index (χ2v) is 25.2. The maximum atomic E-state index is 14.5. The Morgan fingerprint density at radius 1 is 0.791 bits per heavy atom. The Bertz CT molecular complexity index is 1040. The predicted molar refractivity (Wildman–Crippen MR) is 181 cm³/mol. The molecule has 0 aliphatic heterocycles. The van der Waals surface area contributed by atoms with Gasteiger partial charge in [0.05, 0.1) is 46.1 Å². The van der Waals surface area contributed by atoms with Crippen molar-refractivity contribution in [1.29, 1.82) is 0 Å². The number of carbonyl (C=O) groups is 2. The van der Waals surface area contributed by atoms with Crippen molar-refractivity contribution >= 4 is 28.4 Å². The van der Waals surface area contributed by atoms with Gasteiger partial charge in [-0.15, -0.1) is 0 Å². The number of hydrogen-bond donors (Lipinski definition) is 0. The van der Waals surface area contributed by atoms with Gasteiger partial charge in [-0.3, -0.25) is 9.59 Å². The number of hydrogen-bond acceptors (Lipinski definition) is 7. The largest absolute Gasteiger partial charge is 0.497 e. The van der Waals surface area contributed by atoms with Crippen LogP contribution in [0.25, 0.3) is 0 Å². The number of methoxy groups -OCH3 is 2. The van der Waals surface area contributed by atoms with Crippen LogP contribution in [-0.4, -0.2) is 61.4 Å². The van der Waals surface area contributed by atoms with Crippen LogP contribution < -0.4 is 4.74 Å². The third-order valence-corrected chi connectivity index (χ3v) is 18.7. The van der Waals surface area contributed by atoms with E-state index in [1.165, 1.54) is 7.11 Å². The fraction of sp³-hybridized carbons (Fsp3) is 0.765. The molecule has 0 spiro atoms. The van der Waals surface area contributed by atoms with Crippen LogP contribution in [-0.2, 0) is 34.5 Å². The van der Waals surface area contributed by atoms with Crippen molar-refractivity contribution in [2.24, 2.45) is 17.3 Å². The number of benzene rings is 1. The van der Waals surface area contributed by atoms with E-state index in [-0.39, 0.29) is 40.3 Å². The average Bonchev–Trinajstić information content (AvgIpc) is 2.89. The standard InChI is InChI=1S/C34H62O7Si2/c1-24(22-39-23-26-17-19-27(37-11)20-18-26)30(41-43(15,16)33(6,7)8)25(2)31(36)34(9,10)28(21-29(35)38-12)40-42(13,14)32(3,4)5/h17-20,24-25,28,30H,21-23H2,1-16H3/t24-,25+,28-,30-/m0/s1. The molecule has 4 atom stereocenters. The van der Waals surface area contributed by atoms with E-state index < -0.39 is 34.1 Å². The number of carbonyl (C=O) groups excluding carboxylic acids is 2. The van der Waals surface area contributed by atoms with Gasteiger partial charge in [-0.05, 0) is 54.0 Å². The van der Waals surface area contributed by atoms with E-state index in [2.05, 4.69) is 74.7 Å². The molecule has 0 unspecified atom stereocenters. The second-order valence-electron chi connectivity index (χ2n) is 15.7. The number of ether oxygens (including phenoxy) is 3. The first kappa shape index (κ1) is 39.5. The molecule has 0 saturated heterocycles. The minimum absolute atomic E-state index is 0.0166. The molecule has 0 amide bonds. The minimum atomic E-state index is -2.32. The van der Waals surface area contributed by atoms with E-state index in [1.807, 2.05) is 45.0 Å². The van der Waals surface area contributed by atoms with Gasteiger partial charge in [0, 0.05) is 17.3 Å². The number of Topliss-reactive ketones (excluding diaryl/α,β-unsaturated/α-hetero) is 1. The Labute approximate surface area is 265 Å². The van der Waals surface area contributed by atoms with Gasteiger partial charge in [0.1, 0.15) is 11.5 Å². The van der Waals surface area contributed by atoms with Crippen LogP contribution in [0.3, 0.4) is 0 Å². The van der Waals surface area contributed by atoms with Crippen molar-refractivity contribution in [3.8, 4) is 5.75 Å². The van der Waals surface area contributed by atoms with Gasteiger partial charge < -0.3 is 23.1 Å². The van der Waals surface area contributed by atoms with Crippen molar-refractivity contribution in [1.82, 2.24) is 0 Å². The molecule has 0 aliphatic rings. The molecular formula is C34H62O7Si2. The fourth-order valence-corrected chi connectivity index (χ4v) is 7.43. The SMILES string of the molecule is COC(=O)C[C@H](O[Si](C)(C)C(C)(C)C)C(C)(C)C(=O)[C@H](C)[C@@H](O[Si](C)(C)C(C)(C)C)[C@@H](C)COCc1ccc(OC)cc1. The summed E-state index contributed by atoms with van der Waals surface area (Å²) < 4.78 is 30.3. The first-order valence-electron chi connectivity index (χ1n) is 15.6. The van der Waals surface area contributed by atoms with Crippen molar-refractivity contribution in [3.05, 3.63) is 29.8 Å². The summed E-state index contributed by atoms with van der Waals surface area (Å²) in [6, 6.07) is 7.83. The molecule has 248 valence electrons. The maximum Gasteiger partial charge on any atom is 0.308 e. The molecule has 9 heteroatoms. The molecule has 0 heterocycles. The van der Waals surface area contributed by atoms with E-state index in [0.29, 0.717) is 13.2 Å². The van der Waals surface area contributed by atoms with E-state index in [4.69, 9.17) is 23.1 Å². The second kappa shape index (κ2) is 15.2. The molecule has 0 aliphatic carbocycles. The van der Waals surface area contributed by atoms with E-state index in [0.717, 1.165) is 11.3 Å². The van der Waals surface area contributed by atoms with Crippen molar-refractivity contribution in [2.45, 2.75) is 131 Å². The number of esters is 1. The smallest absolute Gasteiger partial charge is 0.308 e. The Kier molecular flexibility index (Phi) is 13.9. The monoisotopic (exact) mass is 638 g/mol. The van der Waals surface area contributed by atoms with Gasteiger partial charge in [0.2, 0.25) is 0 Å². The van der Waals surface area contributed by atoms with Gasteiger partial charge in [-0.1, -0.05) is 81.4 Å². The van der Waals surface area contributed by atoms with Gasteiger partial charge in [-0.25, -0.2) is 0 Å². The van der Waals surface area contributed by atoms with Crippen LogP contribution in [0.15, 0.2) is 24.3 Å². The number of rotatable bonds is 16. The predicted octanol–water partition coefficient (Wildman–Crippen LogP) is 8.42. The normalized spacial score (nSPS) is 16.3. The van der Waals surface area contributed by atoms with Gasteiger partial charge >= 0.3 is 5.97 Å². The molecular weight excluding hydrogens is 577 g/mol. The van der Waals surface area contributed by atoms with E-state index >= 15 is 0 Å². The Morgan fingerprint density at radius 2 is 1.28 bits per heavy atom. The highest BCUT2D eigenvalue weighted by atomic mass is 28.4. The quantitative estimate of drug-likeness (QED) is 0.133. The topological polar surface area (TPSA) is 80.3 Å². The zero-order valence-corrected chi connectivity index (χ0v) is 32.1. The molecule has 0 saturated carbocycles. The lowest BCUT2D eigenvalue weighted by molar-refractivity contribution is -0.148. The Balaban J connectivity index is 3.36. The van der Waals surface area contributed by atoms with Gasteiger partial charge in [0.15, 0.2) is 16.6 Å².